The fourth-order valence-electron chi connectivity index (χ4n) is 5.04. The number of nitrogens with zero attached hydrogens (tertiary/aromatic N) is 3. The first-order chi connectivity index (χ1) is 17.3. The zero-order chi connectivity index (χ0) is 25.1. The van der Waals surface area contributed by atoms with E-state index >= 15 is 4.39 Å². The first kappa shape index (κ1) is 23.1. The first-order valence-electron chi connectivity index (χ1n) is 12.1. The zero-order valence-corrected chi connectivity index (χ0v) is 20.3. The van der Waals surface area contributed by atoms with Gasteiger partial charge in [0.1, 0.15) is 23.4 Å². The maximum Gasteiger partial charge on any atom is 0.231 e. The largest absolute Gasteiger partial charge is 0.309 e. The zero-order valence-electron chi connectivity index (χ0n) is 19.5. The van der Waals surface area contributed by atoms with Crippen LogP contribution >= 0.6 is 11.6 Å². The van der Waals surface area contributed by atoms with Gasteiger partial charge in [-0.05, 0) is 37.3 Å². The van der Waals surface area contributed by atoms with E-state index in [-0.39, 0.29) is 35.5 Å². The molecule has 0 saturated heterocycles. The highest BCUT2D eigenvalue weighted by Gasteiger charge is 2.43. The molecule has 1 amide bonds. The molecule has 2 aliphatic rings. The van der Waals surface area contributed by atoms with Crippen molar-refractivity contribution >= 4 is 45.7 Å². The predicted octanol–water partition coefficient (Wildman–Crippen LogP) is 5.83. The number of benzene rings is 1. The Balaban J connectivity index is 1.35. The number of fused-ring (bicyclic) bond motifs is 2. The van der Waals surface area contributed by atoms with Crippen molar-refractivity contribution in [3.05, 3.63) is 47.1 Å². The van der Waals surface area contributed by atoms with E-state index in [1.807, 2.05) is 6.92 Å². The number of imidazole rings is 1. The van der Waals surface area contributed by atoms with Gasteiger partial charge in [-0.15, -0.1) is 0 Å². The summed E-state index contributed by atoms with van der Waals surface area (Å²) in [5.41, 5.74) is 2.54. The number of alkyl halides is 1. The number of ketones is 1. The van der Waals surface area contributed by atoms with Crippen molar-refractivity contribution in [2.45, 2.75) is 51.1 Å². The summed E-state index contributed by atoms with van der Waals surface area (Å²) in [6.07, 6.45) is 7.24. The van der Waals surface area contributed by atoms with E-state index in [9.17, 15) is 14.0 Å². The van der Waals surface area contributed by atoms with Crippen LogP contribution in [0.25, 0.3) is 27.7 Å². The molecule has 1 aromatic carbocycles. The Morgan fingerprint density at radius 2 is 2.08 bits per heavy atom. The highest BCUT2D eigenvalue weighted by molar-refractivity contribution is 6.35. The summed E-state index contributed by atoms with van der Waals surface area (Å²) < 4.78 is 30.6. The number of aromatic amines is 1. The minimum absolute atomic E-state index is 0.0439. The van der Waals surface area contributed by atoms with Crippen molar-refractivity contribution in [2.75, 3.05) is 5.32 Å². The van der Waals surface area contributed by atoms with E-state index in [4.69, 9.17) is 11.6 Å². The average Bonchev–Trinajstić information content (AvgIpc) is 3.15. The molecule has 36 heavy (non-hydrogen) atoms. The van der Waals surface area contributed by atoms with Crippen LogP contribution in [0.3, 0.4) is 0 Å². The summed E-state index contributed by atoms with van der Waals surface area (Å²) in [7, 11) is 0. The average molecular weight is 512 g/mol. The number of aromatic nitrogens is 4. The highest BCUT2D eigenvalue weighted by Crippen LogP contribution is 2.43. The molecule has 7 nitrogen and oxygen atoms in total. The number of hydrogen-bond donors (Lipinski definition) is 2. The van der Waals surface area contributed by atoms with Crippen molar-refractivity contribution in [3.63, 3.8) is 0 Å². The van der Waals surface area contributed by atoms with E-state index in [2.05, 4.69) is 20.5 Å². The third-order valence-electron chi connectivity index (χ3n) is 7.43. The van der Waals surface area contributed by atoms with Crippen LogP contribution in [0.2, 0.25) is 5.02 Å². The minimum atomic E-state index is -1.09. The van der Waals surface area contributed by atoms with Crippen molar-refractivity contribution in [2.24, 2.45) is 11.8 Å². The molecule has 2 fully saturated rings. The first-order valence-corrected chi connectivity index (χ1v) is 12.5. The number of halogens is 3. The molecular weight excluding hydrogens is 488 g/mol. The predicted molar refractivity (Wildman–Crippen MR) is 132 cm³/mol. The molecule has 0 bridgehead atoms. The molecule has 0 radical (unpaired) electrons. The van der Waals surface area contributed by atoms with Crippen molar-refractivity contribution < 1.29 is 18.4 Å². The lowest BCUT2D eigenvalue weighted by molar-refractivity contribution is -0.125. The second kappa shape index (κ2) is 8.65. The molecule has 2 aliphatic carbocycles. The van der Waals surface area contributed by atoms with Crippen molar-refractivity contribution in [1.29, 1.82) is 0 Å². The van der Waals surface area contributed by atoms with E-state index in [0.29, 0.717) is 39.1 Å². The number of Topliss-reactive ketones (excluding diaryl/α,β-unsaturated/α-hetero) is 1. The molecule has 3 aromatic heterocycles. The van der Waals surface area contributed by atoms with Gasteiger partial charge in [-0.25, -0.2) is 13.8 Å². The second-order valence-corrected chi connectivity index (χ2v) is 10.3. The van der Waals surface area contributed by atoms with E-state index in [1.165, 1.54) is 0 Å². The number of pyridine rings is 1. The van der Waals surface area contributed by atoms with Crippen LogP contribution in [0.4, 0.5) is 14.6 Å². The molecule has 4 aromatic rings. The second-order valence-electron chi connectivity index (χ2n) is 9.93. The number of carbonyl (C=O) groups excluding carboxylic acids is 2. The maximum absolute atomic E-state index is 15.7. The molecule has 2 N–H and O–H groups in total. The molecule has 6 rings (SSSR count). The SMILES string of the molecule is CC(CC(=O)C1CCC1)c1c(F)c(Cl)c(-c2ccc3nc(NC(=O)[C@@H]4C[C@@H]4F)cn3c2)c2cn[nH]c12. The van der Waals surface area contributed by atoms with Gasteiger partial charge in [-0.3, -0.25) is 14.7 Å². The van der Waals surface area contributed by atoms with Crippen LogP contribution in [0.1, 0.15) is 50.5 Å². The fourth-order valence-corrected chi connectivity index (χ4v) is 5.35. The van der Waals surface area contributed by atoms with Gasteiger partial charge in [0.05, 0.1) is 28.9 Å². The number of hydrogen-bond acceptors (Lipinski definition) is 4. The van der Waals surface area contributed by atoms with Gasteiger partial charge in [-0.2, -0.15) is 5.10 Å². The molecule has 3 heterocycles. The lowest BCUT2D eigenvalue weighted by Crippen LogP contribution is -2.23. The number of anilines is 1. The summed E-state index contributed by atoms with van der Waals surface area (Å²) in [5, 5.41) is 10.3. The maximum atomic E-state index is 15.7. The number of H-pyrrole nitrogens is 1. The van der Waals surface area contributed by atoms with Crippen LogP contribution < -0.4 is 5.32 Å². The fraction of sp³-hybridized carbons (Fsp3) is 0.385. The van der Waals surface area contributed by atoms with E-state index < -0.39 is 23.8 Å². The van der Waals surface area contributed by atoms with Crippen LogP contribution in [0.5, 0.6) is 0 Å². The molecule has 0 spiro atoms. The summed E-state index contributed by atoms with van der Waals surface area (Å²) in [5.74, 6) is -1.38. The number of carbonyl (C=O) groups is 2. The number of amides is 1. The molecule has 0 aliphatic heterocycles. The monoisotopic (exact) mass is 511 g/mol. The summed E-state index contributed by atoms with van der Waals surface area (Å²) in [6, 6.07) is 3.50. The van der Waals surface area contributed by atoms with Gasteiger partial charge in [0.25, 0.3) is 0 Å². The third kappa shape index (κ3) is 3.86. The smallest absolute Gasteiger partial charge is 0.231 e. The third-order valence-corrected chi connectivity index (χ3v) is 7.78. The van der Waals surface area contributed by atoms with Crippen LogP contribution in [-0.2, 0) is 9.59 Å². The Labute approximate surface area is 210 Å². The van der Waals surface area contributed by atoms with Gasteiger partial charge >= 0.3 is 0 Å². The van der Waals surface area contributed by atoms with Gasteiger partial charge < -0.3 is 9.72 Å². The number of rotatable bonds is 7. The summed E-state index contributed by atoms with van der Waals surface area (Å²) in [4.78, 5) is 29.0. The van der Waals surface area contributed by atoms with Crippen LogP contribution in [0, 0.1) is 17.7 Å². The van der Waals surface area contributed by atoms with E-state index in [1.54, 1.807) is 35.1 Å². The van der Waals surface area contributed by atoms with Crippen molar-refractivity contribution in [3.8, 4) is 11.1 Å². The Bertz CT molecular complexity index is 1530. The Hall–Kier alpha value is -3.33. The van der Waals surface area contributed by atoms with Gasteiger partial charge in [0.2, 0.25) is 5.91 Å². The summed E-state index contributed by atoms with van der Waals surface area (Å²) in [6.45, 7) is 1.84. The topological polar surface area (TPSA) is 92.2 Å². The number of nitrogens with one attached hydrogen (secondary N) is 2. The Kier molecular flexibility index (Phi) is 5.55. The van der Waals surface area contributed by atoms with Gasteiger partial charge in [0, 0.05) is 40.6 Å². The quantitative estimate of drug-likeness (QED) is 0.326. The highest BCUT2D eigenvalue weighted by atomic mass is 35.5. The lowest BCUT2D eigenvalue weighted by Gasteiger charge is -2.25. The van der Waals surface area contributed by atoms with Crippen molar-refractivity contribution in [1.82, 2.24) is 19.6 Å². The Morgan fingerprint density at radius 1 is 1.31 bits per heavy atom. The van der Waals surface area contributed by atoms with Crippen LogP contribution in [-0.4, -0.2) is 37.4 Å². The Morgan fingerprint density at radius 3 is 2.78 bits per heavy atom. The minimum Gasteiger partial charge on any atom is -0.309 e. The normalized spacial score (nSPS) is 20.4. The standard InChI is InChI=1S/C26H24ClF2N5O2/c1-12(7-18(35)13-3-2-4-13)21-24(29)23(27)22(16-9-30-33-25(16)21)14-5-6-20-31-19(11-34(20)10-14)32-26(36)15-8-17(15)28/h5-6,9-13,15,17H,2-4,7-8H2,1H3,(H,30,33)(H,32,36)/t12?,15-,17+/m1/s1. The molecule has 186 valence electrons. The molecule has 2 saturated carbocycles. The lowest BCUT2D eigenvalue weighted by atomic mass is 9.78. The van der Waals surface area contributed by atoms with E-state index in [0.717, 1.165) is 19.3 Å². The summed E-state index contributed by atoms with van der Waals surface area (Å²) >= 11 is 6.61. The van der Waals surface area contributed by atoms with Gasteiger partial charge in [-0.1, -0.05) is 24.9 Å². The van der Waals surface area contributed by atoms with Gasteiger partial charge in [0.15, 0.2) is 5.82 Å². The molecular formula is C26H24ClF2N5O2. The molecule has 10 heteroatoms. The molecule has 3 atom stereocenters. The molecule has 1 unspecified atom stereocenters. The van der Waals surface area contributed by atoms with Crippen LogP contribution in [0.15, 0.2) is 30.7 Å².